The lowest BCUT2D eigenvalue weighted by Crippen LogP contribution is -2.30. The Morgan fingerprint density at radius 1 is 0.824 bits per heavy atom. The molecule has 0 fully saturated rings. The molecule has 2 amide bonds. The maximum absolute atomic E-state index is 13.2. The summed E-state index contributed by atoms with van der Waals surface area (Å²) < 4.78 is 11.1. The van der Waals surface area contributed by atoms with E-state index in [0.29, 0.717) is 28.5 Å². The van der Waals surface area contributed by atoms with Crippen molar-refractivity contribution >= 4 is 34.9 Å². The Hall–Kier alpha value is -4.36. The summed E-state index contributed by atoms with van der Waals surface area (Å²) in [6.45, 7) is 0. The van der Waals surface area contributed by atoms with Crippen LogP contribution in [0.2, 0.25) is 0 Å². The van der Waals surface area contributed by atoms with E-state index in [4.69, 9.17) is 9.47 Å². The molecule has 4 aromatic rings. The molecule has 0 aliphatic rings. The van der Waals surface area contributed by atoms with Gasteiger partial charge in [0.2, 0.25) is 0 Å². The van der Waals surface area contributed by atoms with E-state index in [1.54, 1.807) is 55.7 Å². The third-order valence-corrected chi connectivity index (χ3v) is 5.60. The van der Waals surface area contributed by atoms with Gasteiger partial charge in [0.25, 0.3) is 11.8 Å². The minimum atomic E-state index is -0.473. The molecule has 6 nitrogen and oxygen atoms in total. The Labute approximate surface area is 201 Å². The minimum absolute atomic E-state index is 0.109. The molecule has 0 aliphatic heterocycles. The molecule has 0 unspecified atom stereocenters. The molecule has 0 saturated heterocycles. The Morgan fingerprint density at radius 3 is 2.26 bits per heavy atom. The highest BCUT2D eigenvalue weighted by atomic mass is 32.1. The van der Waals surface area contributed by atoms with Gasteiger partial charge in [0.1, 0.15) is 17.2 Å². The van der Waals surface area contributed by atoms with E-state index in [1.807, 2.05) is 53.9 Å². The molecule has 170 valence electrons. The largest absolute Gasteiger partial charge is 0.497 e. The van der Waals surface area contributed by atoms with Gasteiger partial charge < -0.3 is 20.1 Å². The average Bonchev–Trinajstić information content (AvgIpc) is 3.38. The first-order valence-corrected chi connectivity index (χ1v) is 11.3. The molecular weight excluding hydrogens is 448 g/mol. The summed E-state index contributed by atoms with van der Waals surface area (Å²) >= 11 is 1.46. The average molecular weight is 471 g/mol. The van der Waals surface area contributed by atoms with Gasteiger partial charge in [-0.1, -0.05) is 36.4 Å². The highest BCUT2D eigenvalue weighted by Gasteiger charge is 2.17. The fourth-order valence-corrected chi connectivity index (χ4v) is 3.73. The number of ether oxygens (including phenoxy) is 2. The molecule has 3 aromatic carbocycles. The summed E-state index contributed by atoms with van der Waals surface area (Å²) in [5, 5.41) is 7.49. The molecule has 2 N–H and O–H groups in total. The van der Waals surface area contributed by atoms with Crippen molar-refractivity contribution in [2.75, 3.05) is 12.4 Å². The monoisotopic (exact) mass is 470 g/mol. The summed E-state index contributed by atoms with van der Waals surface area (Å²) in [5.41, 5.74) is 0.989. The first kappa shape index (κ1) is 22.8. The second-order valence-corrected chi connectivity index (χ2v) is 8.10. The number of amides is 2. The molecule has 7 heteroatoms. The smallest absolute Gasteiger partial charge is 0.272 e. The summed E-state index contributed by atoms with van der Waals surface area (Å²) in [4.78, 5) is 26.9. The second-order valence-electron chi connectivity index (χ2n) is 7.12. The highest BCUT2D eigenvalue weighted by molar-refractivity contribution is 7.10. The van der Waals surface area contributed by atoms with Gasteiger partial charge in [0, 0.05) is 10.4 Å². The fourth-order valence-electron chi connectivity index (χ4n) is 3.07. The second kappa shape index (κ2) is 11.0. The number of methoxy groups -OCH3 is 1. The lowest BCUT2D eigenvalue weighted by Gasteiger charge is -2.14. The number of benzene rings is 3. The molecule has 0 saturated carbocycles. The Bertz CT molecular complexity index is 1280. The third-order valence-electron chi connectivity index (χ3n) is 4.78. The molecule has 1 heterocycles. The maximum atomic E-state index is 13.2. The predicted molar refractivity (Wildman–Crippen MR) is 134 cm³/mol. The standard InChI is InChI=1S/C27H22N2O4S/c1-32-20-15-13-19(14-16-20)26(30)29-24(18-22-10-7-17-34-22)27(31)28-23-11-5-6-12-25(23)33-21-8-3-2-4-9-21/h2-18H,1H3,(H,28,31)(H,29,30)/b24-18-. The van der Waals surface area contributed by atoms with Gasteiger partial charge in [-0.05, 0) is 66.1 Å². The molecule has 34 heavy (non-hydrogen) atoms. The maximum Gasteiger partial charge on any atom is 0.272 e. The van der Waals surface area contributed by atoms with Crippen LogP contribution in [-0.4, -0.2) is 18.9 Å². The molecule has 4 rings (SSSR count). The molecule has 0 atom stereocenters. The van der Waals surface area contributed by atoms with Crippen LogP contribution in [0.4, 0.5) is 5.69 Å². The normalized spacial score (nSPS) is 10.9. The zero-order valence-electron chi connectivity index (χ0n) is 18.4. The summed E-state index contributed by atoms with van der Waals surface area (Å²) in [6.07, 6.45) is 1.64. The van der Waals surface area contributed by atoms with E-state index in [0.717, 1.165) is 4.88 Å². The molecule has 0 spiro atoms. The van der Waals surface area contributed by atoms with E-state index in [9.17, 15) is 9.59 Å². The number of hydrogen-bond acceptors (Lipinski definition) is 5. The van der Waals surface area contributed by atoms with Gasteiger partial charge in [0.05, 0.1) is 12.8 Å². The van der Waals surface area contributed by atoms with Gasteiger partial charge in [-0.15, -0.1) is 11.3 Å². The number of carbonyl (C=O) groups excluding carboxylic acids is 2. The zero-order valence-corrected chi connectivity index (χ0v) is 19.2. The van der Waals surface area contributed by atoms with Crippen LogP contribution in [0.15, 0.2) is 102 Å². The molecule has 0 bridgehead atoms. The van der Waals surface area contributed by atoms with Crippen molar-refractivity contribution in [3.63, 3.8) is 0 Å². The number of nitrogens with one attached hydrogen (secondary N) is 2. The fraction of sp³-hybridized carbons (Fsp3) is 0.0370. The van der Waals surface area contributed by atoms with Crippen LogP contribution in [0.3, 0.4) is 0 Å². The van der Waals surface area contributed by atoms with Crippen molar-refractivity contribution in [3.05, 3.63) is 113 Å². The Balaban J connectivity index is 1.56. The van der Waals surface area contributed by atoms with E-state index >= 15 is 0 Å². The van der Waals surface area contributed by atoms with Crippen LogP contribution in [0.5, 0.6) is 17.2 Å². The first-order chi connectivity index (χ1) is 16.6. The number of carbonyl (C=O) groups is 2. The van der Waals surface area contributed by atoms with E-state index < -0.39 is 11.8 Å². The van der Waals surface area contributed by atoms with Crippen LogP contribution in [-0.2, 0) is 4.79 Å². The van der Waals surface area contributed by atoms with Crippen LogP contribution >= 0.6 is 11.3 Å². The third kappa shape index (κ3) is 5.90. The van der Waals surface area contributed by atoms with E-state index in [2.05, 4.69) is 10.6 Å². The molecule has 0 radical (unpaired) electrons. The summed E-state index contributed by atoms with van der Waals surface area (Å²) in [6, 6.07) is 26.8. The first-order valence-electron chi connectivity index (χ1n) is 10.5. The van der Waals surface area contributed by atoms with Crippen molar-refractivity contribution in [1.29, 1.82) is 0 Å². The van der Waals surface area contributed by atoms with Crippen LogP contribution in [0, 0.1) is 0 Å². The SMILES string of the molecule is COc1ccc(C(=O)N/C(=C\c2cccs2)C(=O)Nc2ccccc2Oc2ccccc2)cc1. The van der Waals surface area contributed by atoms with Crippen molar-refractivity contribution in [3.8, 4) is 17.2 Å². The number of anilines is 1. The minimum Gasteiger partial charge on any atom is -0.497 e. The summed E-state index contributed by atoms with van der Waals surface area (Å²) in [5.74, 6) is 0.887. The van der Waals surface area contributed by atoms with Crippen LogP contribution in [0.1, 0.15) is 15.2 Å². The van der Waals surface area contributed by atoms with Gasteiger partial charge >= 0.3 is 0 Å². The lowest BCUT2D eigenvalue weighted by atomic mass is 10.2. The molecule has 0 aliphatic carbocycles. The van der Waals surface area contributed by atoms with Gasteiger partial charge in [-0.3, -0.25) is 9.59 Å². The van der Waals surface area contributed by atoms with Crippen molar-refractivity contribution < 1.29 is 19.1 Å². The number of para-hydroxylation sites is 3. The van der Waals surface area contributed by atoms with Crippen LogP contribution < -0.4 is 20.1 Å². The van der Waals surface area contributed by atoms with Gasteiger partial charge in [-0.2, -0.15) is 0 Å². The van der Waals surface area contributed by atoms with Crippen molar-refractivity contribution in [1.82, 2.24) is 5.32 Å². The zero-order chi connectivity index (χ0) is 23.8. The van der Waals surface area contributed by atoms with Crippen LogP contribution in [0.25, 0.3) is 6.08 Å². The van der Waals surface area contributed by atoms with Gasteiger partial charge in [-0.25, -0.2) is 0 Å². The Morgan fingerprint density at radius 2 is 1.56 bits per heavy atom. The van der Waals surface area contributed by atoms with E-state index in [1.165, 1.54) is 11.3 Å². The Kier molecular flexibility index (Phi) is 7.37. The molecule has 1 aromatic heterocycles. The van der Waals surface area contributed by atoms with Gasteiger partial charge in [0.15, 0.2) is 5.75 Å². The quantitative estimate of drug-likeness (QED) is 0.312. The van der Waals surface area contributed by atoms with Crippen molar-refractivity contribution in [2.45, 2.75) is 0 Å². The van der Waals surface area contributed by atoms with E-state index in [-0.39, 0.29) is 5.70 Å². The molecular formula is C27H22N2O4S. The lowest BCUT2D eigenvalue weighted by molar-refractivity contribution is -0.113. The number of hydrogen-bond donors (Lipinski definition) is 2. The predicted octanol–water partition coefficient (Wildman–Crippen LogP) is 5.96. The van der Waals surface area contributed by atoms with Crippen molar-refractivity contribution in [2.24, 2.45) is 0 Å². The number of rotatable bonds is 8. The topological polar surface area (TPSA) is 76.7 Å². The highest BCUT2D eigenvalue weighted by Crippen LogP contribution is 2.29. The summed E-state index contributed by atoms with van der Waals surface area (Å²) in [7, 11) is 1.56. The number of thiophene rings is 1.